The van der Waals surface area contributed by atoms with Crippen molar-refractivity contribution < 1.29 is 4.84 Å². The van der Waals surface area contributed by atoms with E-state index in [0.717, 1.165) is 5.82 Å². The molecule has 0 spiro atoms. The second-order valence-electron chi connectivity index (χ2n) is 1.88. The molecule has 0 aliphatic heterocycles. The first kappa shape index (κ1) is 7.17. The standard InChI is InChI=1S/C5H10N4O/c1-9-4-6-8-5(9)3-7-10-2/h4,7H,3H2,1-2H3. The molecule has 0 bridgehead atoms. The van der Waals surface area contributed by atoms with Gasteiger partial charge >= 0.3 is 0 Å². The maximum absolute atomic E-state index is 4.64. The molecule has 0 saturated heterocycles. The fraction of sp³-hybridized carbons (Fsp3) is 0.600. The van der Waals surface area contributed by atoms with Crippen molar-refractivity contribution in [2.75, 3.05) is 7.11 Å². The lowest BCUT2D eigenvalue weighted by molar-refractivity contribution is 0.0842. The monoisotopic (exact) mass is 142 g/mol. The van der Waals surface area contributed by atoms with Crippen molar-refractivity contribution >= 4 is 0 Å². The molecular formula is C5H10N4O. The Bertz CT molecular complexity index is 197. The lowest BCUT2D eigenvalue weighted by Crippen LogP contribution is -2.14. The minimum absolute atomic E-state index is 0.576. The third-order valence-corrected chi connectivity index (χ3v) is 1.18. The van der Waals surface area contributed by atoms with Gasteiger partial charge in [0, 0.05) is 7.05 Å². The zero-order chi connectivity index (χ0) is 7.40. The van der Waals surface area contributed by atoms with Gasteiger partial charge in [0.05, 0.1) is 13.7 Å². The molecule has 1 N–H and O–H groups in total. The van der Waals surface area contributed by atoms with Gasteiger partial charge in [0.25, 0.3) is 0 Å². The highest BCUT2D eigenvalue weighted by Gasteiger charge is 1.96. The second kappa shape index (κ2) is 3.28. The van der Waals surface area contributed by atoms with Gasteiger partial charge in [0.15, 0.2) is 0 Å². The Balaban J connectivity index is 2.49. The fourth-order valence-electron chi connectivity index (χ4n) is 0.604. The van der Waals surface area contributed by atoms with Gasteiger partial charge in [-0.25, -0.2) is 0 Å². The fourth-order valence-corrected chi connectivity index (χ4v) is 0.604. The first-order valence-electron chi connectivity index (χ1n) is 2.93. The Morgan fingerprint density at radius 3 is 3.10 bits per heavy atom. The van der Waals surface area contributed by atoms with Crippen molar-refractivity contribution in [1.29, 1.82) is 0 Å². The number of nitrogens with one attached hydrogen (secondary N) is 1. The van der Waals surface area contributed by atoms with Crippen LogP contribution >= 0.6 is 0 Å². The highest BCUT2D eigenvalue weighted by atomic mass is 16.6. The summed E-state index contributed by atoms with van der Waals surface area (Å²) in [6.07, 6.45) is 1.65. The Morgan fingerprint density at radius 1 is 1.80 bits per heavy atom. The first-order valence-corrected chi connectivity index (χ1v) is 2.93. The summed E-state index contributed by atoms with van der Waals surface area (Å²) >= 11 is 0. The predicted octanol–water partition coefficient (Wildman–Crippen LogP) is -0.534. The molecule has 10 heavy (non-hydrogen) atoms. The van der Waals surface area contributed by atoms with Crippen LogP contribution in [-0.4, -0.2) is 21.9 Å². The number of aryl methyl sites for hydroxylation is 1. The van der Waals surface area contributed by atoms with Crippen molar-refractivity contribution in [2.24, 2.45) is 7.05 Å². The normalized spacial score (nSPS) is 10.2. The number of aromatic nitrogens is 3. The van der Waals surface area contributed by atoms with Gasteiger partial charge in [-0.3, -0.25) is 0 Å². The molecule has 0 fully saturated rings. The number of rotatable bonds is 3. The van der Waals surface area contributed by atoms with Gasteiger partial charge in [-0.1, -0.05) is 0 Å². The van der Waals surface area contributed by atoms with Crippen LogP contribution in [0.3, 0.4) is 0 Å². The average molecular weight is 142 g/mol. The third-order valence-electron chi connectivity index (χ3n) is 1.18. The van der Waals surface area contributed by atoms with Crippen LogP contribution in [0.25, 0.3) is 0 Å². The van der Waals surface area contributed by atoms with Crippen molar-refractivity contribution in [2.45, 2.75) is 6.54 Å². The van der Waals surface area contributed by atoms with Gasteiger partial charge in [0.2, 0.25) is 0 Å². The predicted molar refractivity (Wildman–Crippen MR) is 34.9 cm³/mol. The summed E-state index contributed by atoms with van der Waals surface area (Å²) in [6, 6.07) is 0. The van der Waals surface area contributed by atoms with Crippen LogP contribution in [0.2, 0.25) is 0 Å². The van der Waals surface area contributed by atoms with E-state index in [-0.39, 0.29) is 0 Å². The Hall–Kier alpha value is -0.940. The summed E-state index contributed by atoms with van der Waals surface area (Å²) in [7, 11) is 3.45. The lowest BCUT2D eigenvalue weighted by Gasteiger charge is -1.98. The summed E-state index contributed by atoms with van der Waals surface area (Å²) in [5.74, 6) is 0.849. The molecule has 1 aromatic rings. The van der Waals surface area contributed by atoms with Crippen molar-refractivity contribution in [3.8, 4) is 0 Å². The molecule has 5 nitrogen and oxygen atoms in total. The van der Waals surface area contributed by atoms with Gasteiger partial charge < -0.3 is 9.40 Å². The van der Waals surface area contributed by atoms with E-state index in [2.05, 4.69) is 20.5 Å². The molecule has 1 heterocycles. The van der Waals surface area contributed by atoms with E-state index in [0.29, 0.717) is 6.54 Å². The molecule has 0 aromatic carbocycles. The maximum atomic E-state index is 4.64. The molecule has 0 saturated carbocycles. The van der Waals surface area contributed by atoms with Gasteiger partial charge in [-0.2, -0.15) is 5.48 Å². The Labute approximate surface area is 59.0 Å². The van der Waals surface area contributed by atoms with Crippen LogP contribution in [0, 0.1) is 0 Å². The zero-order valence-electron chi connectivity index (χ0n) is 6.03. The van der Waals surface area contributed by atoms with E-state index in [4.69, 9.17) is 0 Å². The summed E-state index contributed by atoms with van der Waals surface area (Å²) in [5, 5.41) is 7.52. The van der Waals surface area contributed by atoms with Crippen LogP contribution < -0.4 is 5.48 Å². The van der Waals surface area contributed by atoms with E-state index < -0.39 is 0 Å². The van der Waals surface area contributed by atoms with Crippen LogP contribution in [0.5, 0.6) is 0 Å². The van der Waals surface area contributed by atoms with E-state index in [1.807, 2.05) is 11.6 Å². The molecule has 0 amide bonds. The smallest absolute Gasteiger partial charge is 0.148 e. The third kappa shape index (κ3) is 1.52. The number of hydroxylamine groups is 1. The zero-order valence-corrected chi connectivity index (χ0v) is 6.03. The van der Waals surface area contributed by atoms with Crippen molar-refractivity contribution in [3.63, 3.8) is 0 Å². The van der Waals surface area contributed by atoms with Crippen LogP contribution in [0.15, 0.2) is 6.33 Å². The van der Waals surface area contributed by atoms with Crippen molar-refractivity contribution in [3.05, 3.63) is 12.2 Å². The summed E-state index contributed by atoms with van der Waals surface area (Å²) in [4.78, 5) is 4.64. The quantitative estimate of drug-likeness (QED) is 0.576. The number of hydrogen-bond acceptors (Lipinski definition) is 4. The molecule has 0 aliphatic carbocycles. The van der Waals surface area contributed by atoms with Crippen LogP contribution in [0.4, 0.5) is 0 Å². The molecule has 1 rings (SSSR count). The molecule has 0 atom stereocenters. The highest BCUT2D eigenvalue weighted by molar-refractivity contribution is 4.81. The molecule has 0 aliphatic rings. The van der Waals surface area contributed by atoms with Crippen molar-refractivity contribution in [1.82, 2.24) is 20.2 Å². The lowest BCUT2D eigenvalue weighted by atomic mass is 10.6. The SMILES string of the molecule is CONCc1nncn1C. The molecule has 0 unspecified atom stereocenters. The number of hydrogen-bond donors (Lipinski definition) is 1. The van der Waals surface area contributed by atoms with E-state index in [1.165, 1.54) is 0 Å². The van der Waals surface area contributed by atoms with Crippen LogP contribution in [-0.2, 0) is 18.4 Å². The molecule has 0 radical (unpaired) electrons. The van der Waals surface area contributed by atoms with E-state index >= 15 is 0 Å². The minimum atomic E-state index is 0.576. The summed E-state index contributed by atoms with van der Waals surface area (Å²) < 4.78 is 1.83. The van der Waals surface area contributed by atoms with E-state index in [9.17, 15) is 0 Å². The Morgan fingerprint density at radius 2 is 2.60 bits per heavy atom. The summed E-state index contributed by atoms with van der Waals surface area (Å²) in [6.45, 7) is 0.576. The highest BCUT2D eigenvalue weighted by Crippen LogP contribution is 1.88. The number of nitrogens with zero attached hydrogens (tertiary/aromatic N) is 3. The van der Waals surface area contributed by atoms with Gasteiger partial charge in [-0.05, 0) is 0 Å². The van der Waals surface area contributed by atoms with Crippen LogP contribution in [0.1, 0.15) is 5.82 Å². The first-order chi connectivity index (χ1) is 4.84. The van der Waals surface area contributed by atoms with E-state index in [1.54, 1.807) is 13.4 Å². The molecule has 56 valence electrons. The maximum Gasteiger partial charge on any atom is 0.148 e. The largest absolute Gasteiger partial charge is 0.320 e. The Kier molecular flexibility index (Phi) is 2.35. The topological polar surface area (TPSA) is 52.0 Å². The molecule has 5 heteroatoms. The summed E-state index contributed by atoms with van der Waals surface area (Å²) in [5.41, 5.74) is 2.67. The van der Waals surface area contributed by atoms with Gasteiger partial charge in [0.1, 0.15) is 12.2 Å². The van der Waals surface area contributed by atoms with Gasteiger partial charge in [-0.15, -0.1) is 10.2 Å². The molecular weight excluding hydrogens is 132 g/mol. The molecule has 1 aromatic heterocycles. The second-order valence-corrected chi connectivity index (χ2v) is 1.88. The average Bonchev–Trinajstić information content (AvgIpc) is 2.31. The minimum Gasteiger partial charge on any atom is -0.320 e.